The summed E-state index contributed by atoms with van der Waals surface area (Å²) < 4.78 is 49.5. The monoisotopic (exact) mass is 346 g/mol. The molecule has 0 spiro atoms. The molecule has 1 aromatic carbocycles. The molecule has 1 heterocycles. The lowest BCUT2D eigenvalue weighted by Crippen LogP contribution is -2.51. The summed E-state index contributed by atoms with van der Waals surface area (Å²) in [6, 6.07) is 3.82. The molecule has 3 N–H and O–H groups in total. The zero-order valence-electron chi connectivity index (χ0n) is 12.6. The van der Waals surface area contributed by atoms with Gasteiger partial charge in [0.1, 0.15) is 6.61 Å². The number of rotatable bonds is 5. The lowest BCUT2D eigenvalue weighted by Gasteiger charge is -2.32. The van der Waals surface area contributed by atoms with E-state index in [1.165, 1.54) is 12.1 Å². The third-order valence-electron chi connectivity index (χ3n) is 3.53. The fourth-order valence-electron chi connectivity index (χ4n) is 2.42. The molecule has 24 heavy (non-hydrogen) atoms. The maximum absolute atomic E-state index is 13.0. The molecular weight excluding hydrogens is 329 g/mol. The van der Waals surface area contributed by atoms with Gasteiger partial charge in [-0.2, -0.15) is 13.2 Å². The summed E-state index contributed by atoms with van der Waals surface area (Å²) in [5.74, 6) is -1.56. The summed E-state index contributed by atoms with van der Waals surface area (Å²) in [5.41, 5.74) is 3.51. The van der Waals surface area contributed by atoms with Crippen molar-refractivity contribution in [2.75, 3.05) is 19.8 Å². The molecule has 0 radical (unpaired) electrons. The topological polar surface area (TPSA) is 90.7 Å². The van der Waals surface area contributed by atoms with Crippen LogP contribution in [0.15, 0.2) is 24.3 Å². The molecule has 0 unspecified atom stereocenters. The van der Waals surface area contributed by atoms with E-state index in [1.807, 2.05) is 0 Å². The molecule has 0 aromatic heterocycles. The Bertz CT molecular complexity index is 607. The minimum Gasteiger partial charge on any atom is -0.379 e. The molecule has 1 saturated heterocycles. The van der Waals surface area contributed by atoms with Gasteiger partial charge in [0.2, 0.25) is 5.91 Å². The lowest BCUT2D eigenvalue weighted by molar-refractivity contribution is -0.138. The van der Waals surface area contributed by atoms with Crippen molar-refractivity contribution >= 4 is 11.8 Å². The number of alkyl halides is 3. The maximum atomic E-state index is 13.0. The van der Waals surface area contributed by atoms with Gasteiger partial charge in [-0.25, -0.2) is 0 Å². The van der Waals surface area contributed by atoms with Gasteiger partial charge < -0.3 is 20.5 Å². The first-order valence-corrected chi connectivity index (χ1v) is 7.24. The Morgan fingerprint density at radius 1 is 1.33 bits per heavy atom. The average molecular weight is 346 g/mol. The standard InChI is InChI=1S/C15H17F3N2O4/c16-15(17,18)10-4-2-1-3-9(10)14(22)20-11-7-23-6-5-12(11)24-8-13(19)21/h1-4,11-12H,5-8H2,(H2,19,21)(H,20,22)/t11-,12+/m0/s1. The van der Waals surface area contributed by atoms with Crippen LogP contribution in [0.25, 0.3) is 0 Å². The second kappa shape index (κ2) is 7.63. The number of primary amides is 1. The van der Waals surface area contributed by atoms with E-state index in [-0.39, 0.29) is 13.2 Å². The van der Waals surface area contributed by atoms with Crippen molar-refractivity contribution in [3.8, 4) is 0 Å². The number of hydrogen-bond donors (Lipinski definition) is 2. The van der Waals surface area contributed by atoms with Crippen molar-refractivity contribution < 1.29 is 32.2 Å². The highest BCUT2D eigenvalue weighted by Gasteiger charge is 2.36. The summed E-state index contributed by atoms with van der Waals surface area (Å²) in [4.78, 5) is 23.1. The third kappa shape index (κ3) is 4.68. The van der Waals surface area contributed by atoms with E-state index in [4.69, 9.17) is 15.2 Å². The number of halogens is 3. The Labute approximate surface area is 136 Å². The molecule has 2 amide bonds. The summed E-state index contributed by atoms with van der Waals surface area (Å²) >= 11 is 0. The zero-order chi connectivity index (χ0) is 17.7. The summed E-state index contributed by atoms with van der Waals surface area (Å²) in [6.45, 7) is 0.0917. The van der Waals surface area contributed by atoms with Crippen LogP contribution in [0.5, 0.6) is 0 Å². The van der Waals surface area contributed by atoms with Crippen molar-refractivity contribution in [2.45, 2.75) is 24.7 Å². The second-order valence-electron chi connectivity index (χ2n) is 5.30. The van der Waals surface area contributed by atoms with Crippen molar-refractivity contribution in [2.24, 2.45) is 5.73 Å². The first kappa shape index (κ1) is 18.2. The number of benzene rings is 1. The molecule has 6 nitrogen and oxygen atoms in total. The summed E-state index contributed by atoms with van der Waals surface area (Å²) in [7, 11) is 0. The molecule has 9 heteroatoms. The lowest BCUT2D eigenvalue weighted by atomic mass is 10.0. The number of hydrogen-bond acceptors (Lipinski definition) is 4. The Kier molecular flexibility index (Phi) is 5.79. The number of nitrogens with one attached hydrogen (secondary N) is 1. The van der Waals surface area contributed by atoms with Gasteiger partial charge in [0.05, 0.1) is 29.9 Å². The quantitative estimate of drug-likeness (QED) is 0.835. The Balaban J connectivity index is 2.11. The predicted octanol–water partition coefficient (Wildman–Crippen LogP) is 1.09. The van der Waals surface area contributed by atoms with Gasteiger partial charge in [0.25, 0.3) is 5.91 Å². The highest BCUT2D eigenvalue weighted by Crippen LogP contribution is 2.31. The molecule has 1 fully saturated rings. The number of ether oxygens (including phenoxy) is 2. The van der Waals surface area contributed by atoms with Crippen molar-refractivity contribution in [1.29, 1.82) is 0 Å². The van der Waals surface area contributed by atoms with Gasteiger partial charge in [-0.05, 0) is 18.6 Å². The van der Waals surface area contributed by atoms with Crippen LogP contribution in [0.1, 0.15) is 22.3 Å². The van der Waals surface area contributed by atoms with E-state index in [0.717, 1.165) is 12.1 Å². The highest BCUT2D eigenvalue weighted by atomic mass is 19.4. The van der Waals surface area contributed by atoms with Crippen LogP contribution < -0.4 is 11.1 Å². The molecule has 1 aliphatic heterocycles. The van der Waals surface area contributed by atoms with Crippen LogP contribution in [0, 0.1) is 0 Å². The van der Waals surface area contributed by atoms with Crippen LogP contribution in [-0.2, 0) is 20.4 Å². The van der Waals surface area contributed by atoms with E-state index < -0.39 is 41.3 Å². The van der Waals surface area contributed by atoms with Crippen LogP contribution in [0.2, 0.25) is 0 Å². The van der Waals surface area contributed by atoms with E-state index >= 15 is 0 Å². The minimum atomic E-state index is -4.64. The first-order valence-electron chi connectivity index (χ1n) is 7.24. The normalized spacial score (nSPS) is 21.3. The molecule has 2 atom stereocenters. The van der Waals surface area contributed by atoms with Gasteiger partial charge in [-0.1, -0.05) is 12.1 Å². The summed E-state index contributed by atoms with van der Waals surface area (Å²) in [6.07, 6.45) is -4.81. The van der Waals surface area contributed by atoms with Crippen LogP contribution in [0.4, 0.5) is 13.2 Å². The highest BCUT2D eigenvalue weighted by molar-refractivity contribution is 5.96. The smallest absolute Gasteiger partial charge is 0.379 e. The number of carbonyl (C=O) groups is 2. The molecule has 1 aliphatic rings. The van der Waals surface area contributed by atoms with Crippen molar-refractivity contribution in [3.05, 3.63) is 35.4 Å². The van der Waals surface area contributed by atoms with Gasteiger partial charge in [-0.15, -0.1) is 0 Å². The molecule has 0 saturated carbocycles. The van der Waals surface area contributed by atoms with Crippen molar-refractivity contribution in [3.63, 3.8) is 0 Å². The van der Waals surface area contributed by atoms with E-state index in [1.54, 1.807) is 0 Å². The van der Waals surface area contributed by atoms with E-state index in [2.05, 4.69) is 5.32 Å². The Morgan fingerprint density at radius 3 is 2.71 bits per heavy atom. The molecule has 1 aromatic rings. The fraction of sp³-hybridized carbons (Fsp3) is 0.467. The fourth-order valence-corrected chi connectivity index (χ4v) is 2.42. The predicted molar refractivity (Wildman–Crippen MR) is 77.1 cm³/mol. The van der Waals surface area contributed by atoms with Crippen molar-refractivity contribution in [1.82, 2.24) is 5.32 Å². The van der Waals surface area contributed by atoms with Crippen LogP contribution >= 0.6 is 0 Å². The van der Waals surface area contributed by atoms with Crippen LogP contribution in [-0.4, -0.2) is 43.8 Å². The molecule has 0 aliphatic carbocycles. The second-order valence-corrected chi connectivity index (χ2v) is 5.30. The molecule has 2 rings (SSSR count). The molecular formula is C15H17F3N2O4. The number of amides is 2. The SMILES string of the molecule is NC(=O)CO[C@@H]1CCOC[C@@H]1NC(=O)c1ccccc1C(F)(F)F. The minimum absolute atomic E-state index is 0.0728. The Hall–Kier alpha value is -2.13. The van der Waals surface area contributed by atoms with E-state index in [9.17, 15) is 22.8 Å². The first-order chi connectivity index (χ1) is 11.3. The van der Waals surface area contributed by atoms with Gasteiger partial charge in [-0.3, -0.25) is 9.59 Å². The summed E-state index contributed by atoms with van der Waals surface area (Å²) in [5, 5.41) is 2.48. The van der Waals surface area contributed by atoms with Crippen LogP contribution in [0.3, 0.4) is 0 Å². The van der Waals surface area contributed by atoms with Gasteiger partial charge >= 0.3 is 6.18 Å². The largest absolute Gasteiger partial charge is 0.417 e. The maximum Gasteiger partial charge on any atom is 0.417 e. The molecule has 0 bridgehead atoms. The van der Waals surface area contributed by atoms with Gasteiger partial charge in [0.15, 0.2) is 0 Å². The number of carbonyl (C=O) groups excluding carboxylic acids is 2. The average Bonchev–Trinajstić information content (AvgIpc) is 2.53. The van der Waals surface area contributed by atoms with E-state index in [0.29, 0.717) is 13.0 Å². The zero-order valence-corrected chi connectivity index (χ0v) is 12.6. The molecule has 132 valence electrons. The van der Waals surface area contributed by atoms with Gasteiger partial charge in [0, 0.05) is 6.61 Å². The third-order valence-corrected chi connectivity index (χ3v) is 3.53. The number of nitrogens with two attached hydrogens (primary N) is 1. The Morgan fingerprint density at radius 2 is 2.04 bits per heavy atom.